The van der Waals surface area contributed by atoms with Crippen molar-refractivity contribution in [2.75, 3.05) is 0 Å². The fourth-order valence-electron chi connectivity index (χ4n) is 1.77. The van der Waals surface area contributed by atoms with Gasteiger partial charge in [0, 0.05) is 7.05 Å². The minimum Gasteiger partial charge on any atom is -0.313 e. The molecule has 0 aliphatic rings. The van der Waals surface area contributed by atoms with Crippen LogP contribution in [0.15, 0.2) is 15.9 Å². The molecule has 0 aliphatic carbocycles. The zero-order valence-corrected chi connectivity index (χ0v) is 9.75. The Labute approximate surface area is 102 Å². The molecule has 0 saturated carbocycles. The summed E-state index contributed by atoms with van der Waals surface area (Å²) in [4.78, 5) is 28.1. The van der Waals surface area contributed by atoms with Crippen molar-refractivity contribution in [1.29, 1.82) is 0 Å². The molecule has 0 aromatic carbocycles. The van der Waals surface area contributed by atoms with E-state index in [4.69, 9.17) is 12.8 Å². The Morgan fingerprint density at radius 2 is 1.94 bits per heavy atom. The summed E-state index contributed by atoms with van der Waals surface area (Å²) in [5.74, 6) is 4.70. The van der Waals surface area contributed by atoms with Crippen LogP contribution in [0.2, 0.25) is 0 Å². The van der Waals surface area contributed by atoms with Crippen LogP contribution in [0.3, 0.4) is 0 Å². The Balaban J connectivity index is 2.95. The second kappa shape index (κ2) is 4.27. The van der Waals surface area contributed by atoms with Crippen LogP contribution in [0.4, 0.5) is 0 Å². The van der Waals surface area contributed by atoms with E-state index in [1.54, 1.807) is 0 Å². The van der Waals surface area contributed by atoms with Gasteiger partial charge in [-0.3, -0.25) is 9.36 Å². The molecule has 2 aromatic rings. The molecule has 0 atom stereocenters. The van der Waals surface area contributed by atoms with Gasteiger partial charge in [-0.2, -0.15) is 0 Å². The smallest absolute Gasteiger partial charge is 0.313 e. The van der Waals surface area contributed by atoms with Crippen molar-refractivity contribution in [3.05, 3.63) is 27.2 Å². The van der Waals surface area contributed by atoms with Crippen LogP contribution < -0.4 is 11.2 Å². The van der Waals surface area contributed by atoms with Gasteiger partial charge in [0.2, 0.25) is 0 Å². The highest BCUT2D eigenvalue weighted by atomic mass is 16.2. The summed E-state index contributed by atoms with van der Waals surface area (Å²) in [5, 5.41) is 0. The Morgan fingerprint density at radius 1 is 1.28 bits per heavy atom. The lowest BCUT2D eigenvalue weighted by Gasteiger charge is -2.06. The summed E-state index contributed by atoms with van der Waals surface area (Å²) < 4.78 is 3.78. The first-order valence-corrected chi connectivity index (χ1v) is 5.13. The van der Waals surface area contributed by atoms with Crippen LogP contribution in [0.5, 0.6) is 0 Å². The van der Waals surface area contributed by atoms with Crippen molar-refractivity contribution < 1.29 is 0 Å². The van der Waals surface area contributed by atoms with E-state index in [1.165, 1.54) is 22.5 Å². The first kappa shape index (κ1) is 11.7. The van der Waals surface area contributed by atoms with Gasteiger partial charge in [-0.25, -0.2) is 14.3 Å². The van der Waals surface area contributed by atoms with Gasteiger partial charge in [0.1, 0.15) is 0 Å². The van der Waals surface area contributed by atoms with Gasteiger partial charge < -0.3 is 4.57 Å². The minimum atomic E-state index is -0.489. The van der Waals surface area contributed by atoms with E-state index in [0.29, 0.717) is 5.65 Å². The second-order valence-corrected chi connectivity index (χ2v) is 3.69. The van der Waals surface area contributed by atoms with Gasteiger partial charge >= 0.3 is 5.69 Å². The molecule has 0 amide bonds. The maximum atomic E-state index is 12.2. The lowest BCUT2D eigenvalue weighted by molar-refractivity contribution is 0.673. The number of terminal acetylenes is 2. The van der Waals surface area contributed by atoms with Gasteiger partial charge in [0.25, 0.3) is 5.56 Å². The Bertz CT molecular complexity index is 808. The highest BCUT2D eigenvalue weighted by molar-refractivity contribution is 5.70. The topological polar surface area (TPSA) is 61.8 Å². The number of hydrogen-bond acceptors (Lipinski definition) is 3. The number of hydrogen-bond donors (Lipinski definition) is 0. The zero-order valence-electron chi connectivity index (χ0n) is 9.75. The largest absolute Gasteiger partial charge is 0.333 e. The molecule has 0 radical (unpaired) electrons. The van der Waals surface area contributed by atoms with E-state index in [9.17, 15) is 9.59 Å². The molecule has 18 heavy (non-hydrogen) atoms. The predicted molar refractivity (Wildman–Crippen MR) is 66.9 cm³/mol. The highest BCUT2D eigenvalue weighted by Crippen LogP contribution is 2.04. The average molecular weight is 242 g/mol. The number of imidazole rings is 1. The first-order chi connectivity index (χ1) is 8.61. The van der Waals surface area contributed by atoms with E-state index in [1.807, 2.05) is 0 Å². The van der Waals surface area contributed by atoms with Gasteiger partial charge in [-0.15, -0.1) is 12.8 Å². The molecule has 0 bridgehead atoms. The maximum Gasteiger partial charge on any atom is 0.333 e. The van der Waals surface area contributed by atoms with Gasteiger partial charge in [-0.1, -0.05) is 11.8 Å². The lowest BCUT2D eigenvalue weighted by Crippen LogP contribution is -2.39. The van der Waals surface area contributed by atoms with E-state index in [2.05, 4.69) is 16.8 Å². The summed E-state index contributed by atoms with van der Waals surface area (Å²) in [6.07, 6.45) is 11.8. The summed E-state index contributed by atoms with van der Waals surface area (Å²) >= 11 is 0. The molecule has 6 heteroatoms. The molecule has 0 saturated heterocycles. The van der Waals surface area contributed by atoms with Crippen molar-refractivity contribution in [2.24, 2.45) is 7.05 Å². The van der Waals surface area contributed by atoms with Crippen LogP contribution in [0, 0.1) is 24.7 Å². The van der Waals surface area contributed by atoms with Crippen LogP contribution >= 0.6 is 0 Å². The van der Waals surface area contributed by atoms with Crippen LogP contribution in [0.1, 0.15) is 0 Å². The molecular formula is C12H10N4O2. The van der Waals surface area contributed by atoms with Crippen molar-refractivity contribution in [3.8, 4) is 24.7 Å². The number of aryl methyl sites for hydroxylation is 1. The number of fused-ring (bicyclic) bond motifs is 1. The molecule has 2 aromatic heterocycles. The third kappa shape index (κ3) is 1.52. The van der Waals surface area contributed by atoms with Crippen molar-refractivity contribution >= 4 is 11.2 Å². The third-order valence-corrected chi connectivity index (χ3v) is 2.61. The van der Waals surface area contributed by atoms with E-state index in [0.717, 1.165) is 4.57 Å². The van der Waals surface area contributed by atoms with Crippen molar-refractivity contribution in [1.82, 2.24) is 18.7 Å². The van der Waals surface area contributed by atoms with E-state index >= 15 is 0 Å². The average Bonchev–Trinajstić information content (AvgIpc) is 2.76. The molecule has 0 spiro atoms. The van der Waals surface area contributed by atoms with Crippen molar-refractivity contribution in [3.63, 3.8) is 0 Å². The number of rotatable bonds is 2. The monoisotopic (exact) mass is 242 g/mol. The first-order valence-electron chi connectivity index (χ1n) is 5.13. The molecule has 0 unspecified atom stereocenters. The number of aromatic nitrogens is 4. The molecule has 2 heterocycles. The highest BCUT2D eigenvalue weighted by Gasteiger charge is 2.14. The summed E-state index contributed by atoms with van der Waals surface area (Å²) in [7, 11) is 1.53. The quantitative estimate of drug-likeness (QED) is 0.645. The van der Waals surface area contributed by atoms with E-state index < -0.39 is 11.2 Å². The van der Waals surface area contributed by atoms with Gasteiger partial charge in [0.05, 0.1) is 19.4 Å². The second-order valence-electron chi connectivity index (χ2n) is 3.69. The normalized spacial score (nSPS) is 10.2. The fourth-order valence-corrected chi connectivity index (χ4v) is 1.77. The fraction of sp³-hybridized carbons (Fsp3) is 0.250. The van der Waals surface area contributed by atoms with Crippen molar-refractivity contribution in [2.45, 2.75) is 13.1 Å². The molecular weight excluding hydrogens is 232 g/mol. The van der Waals surface area contributed by atoms with Crippen LogP contribution in [-0.2, 0) is 20.1 Å². The SMILES string of the molecule is C#CCn1c(=O)c2c(ncn2CC#C)n(C)c1=O. The van der Waals surface area contributed by atoms with Gasteiger partial charge in [-0.05, 0) is 0 Å². The van der Waals surface area contributed by atoms with Crippen LogP contribution in [0.25, 0.3) is 11.2 Å². The Morgan fingerprint density at radius 3 is 2.56 bits per heavy atom. The molecule has 0 aliphatic heterocycles. The van der Waals surface area contributed by atoms with Crippen LogP contribution in [-0.4, -0.2) is 18.7 Å². The molecule has 2 rings (SSSR count). The molecule has 0 fully saturated rings. The van der Waals surface area contributed by atoms with E-state index in [-0.39, 0.29) is 18.6 Å². The summed E-state index contributed by atoms with van der Waals surface area (Å²) in [5.41, 5.74) is -0.381. The summed E-state index contributed by atoms with van der Waals surface area (Å²) in [6, 6.07) is 0. The molecule has 6 nitrogen and oxygen atoms in total. The standard InChI is InChI=1S/C12H10N4O2/c1-4-6-15-8-13-10-9(15)11(17)16(7-5-2)12(18)14(10)3/h1-2,8H,6-7H2,3H3. The Hall–Kier alpha value is -2.73. The lowest BCUT2D eigenvalue weighted by atomic mass is 10.4. The molecule has 0 N–H and O–H groups in total. The minimum absolute atomic E-state index is 0.0807. The maximum absolute atomic E-state index is 12.2. The summed E-state index contributed by atoms with van der Waals surface area (Å²) in [6.45, 7) is 0.128. The van der Waals surface area contributed by atoms with Gasteiger partial charge in [0.15, 0.2) is 11.2 Å². The predicted octanol–water partition coefficient (Wildman–Crippen LogP) is -0.837. The Kier molecular flexibility index (Phi) is 2.78. The number of nitrogens with zero attached hydrogens (tertiary/aromatic N) is 4. The molecule has 90 valence electrons. The zero-order chi connectivity index (χ0) is 13.3. The third-order valence-electron chi connectivity index (χ3n) is 2.61.